The average Bonchev–Trinajstić information content (AvgIpc) is 2.92. The molecule has 1 aromatic heterocycles. The van der Waals surface area contributed by atoms with Crippen LogP contribution in [0.15, 0.2) is 29.3 Å². The van der Waals surface area contributed by atoms with Crippen LogP contribution >= 0.6 is 11.8 Å². The summed E-state index contributed by atoms with van der Waals surface area (Å²) in [5, 5.41) is 4.17. The number of hydrogen-bond acceptors (Lipinski definition) is 3. The lowest BCUT2D eigenvalue weighted by atomic mass is 10.1. The van der Waals surface area contributed by atoms with Crippen molar-refractivity contribution in [2.75, 3.05) is 25.9 Å². The van der Waals surface area contributed by atoms with Gasteiger partial charge in [-0.2, -0.15) is 11.8 Å². The molecule has 1 aliphatic rings. The van der Waals surface area contributed by atoms with E-state index in [1.165, 1.54) is 5.52 Å². The monoisotopic (exact) mass is 345 g/mol. The smallest absolute Gasteiger partial charge is 0.194 e. The predicted molar refractivity (Wildman–Crippen MR) is 104 cm³/mol. The van der Waals surface area contributed by atoms with E-state index in [0.29, 0.717) is 17.7 Å². The third-order valence-electron chi connectivity index (χ3n) is 4.63. The lowest BCUT2D eigenvalue weighted by Crippen LogP contribution is -2.48. The minimum absolute atomic E-state index is 0.674. The molecule has 1 fully saturated rings. The maximum absolute atomic E-state index is 4.73. The van der Waals surface area contributed by atoms with E-state index in [1.807, 2.05) is 13.1 Å². The molecule has 1 unspecified atom stereocenters. The lowest BCUT2D eigenvalue weighted by molar-refractivity contribution is 0.380. The molecular weight excluding hydrogens is 318 g/mol. The second kappa shape index (κ2) is 7.47. The molecule has 6 heteroatoms. The van der Waals surface area contributed by atoms with Gasteiger partial charge in [0.05, 0.1) is 17.6 Å². The first-order valence-electron chi connectivity index (χ1n) is 8.57. The summed E-state index contributed by atoms with van der Waals surface area (Å²) >= 11 is 2.08. The van der Waals surface area contributed by atoms with E-state index >= 15 is 0 Å². The summed E-state index contributed by atoms with van der Waals surface area (Å²) in [4.78, 5) is 11.6. The van der Waals surface area contributed by atoms with Crippen molar-refractivity contribution in [3.05, 3.63) is 30.1 Å². The number of para-hydroxylation sites is 2. The summed E-state index contributed by atoms with van der Waals surface area (Å²) in [6.07, 6.45) is 0. The van der Waals surface area contributed by atoms with Gasteiger partial charge in [-0.3, -0.25) is 4.99 Å². The van der Waals surface area contributed by atoms with E-state index in [4.69, 9.17) is 4.98 Å². The number of nitrogens with zero attached hydrogens (tertiary/aromatic N) is 4. The lowest BCUT2D eigenvalue weighted by Gasteiger charge is -2.36. The molecule has 3 rings (SSSR count). The van der Waals surface area contributed by atoms with Gasteiger partial charge in [0.25, 0.3) is 0 Å². The van der Waals surface area contributed by atoms with Crippen molar-refractivity contribution in [3.8, 4) is 0 Å². The Hall–Kier alpha value is -1.69. The van der Waals surface area contributed by atoms with Crippen molar-refractivity contribution < 1.29 is 0 Å². The van der Waals surface area contributed by atoms with E-state index < -0.39 is 0 Å². The Balaban J connectivity index is 1.68. The summed E-state index contributed by atoms with van der Waals surface area (Å²) in [6.45, 7) is 7.40. The third kappa shape index (κ3) is 3.53. The molecular formula is C18H27N5S. The van der Waals surface area contributed by atoms with Gasteiger partial charge < -0.3 is 14.8 Å². The zero-order valence-corrected chi connectivity index (χ0v) is 15.8. The van der Waals surface area contributed by atoms with Crippen molar-refractivity contribution >= 4 is 28.8 Å². The largest absolute Gasteiger partial charge is 0.349 e. The SMILES string of the molecule is CN=C(NCc1nc2ccccc2n1C)N1CCSC(C(C)C)C1. The van der Waals surface area contributed by atoms with Gasteiger partial charge in [0.15, 0.2) is 5.96 Å². The number of thioether (sulfide) groups is 1. The van der Waals surface area contributed by atoms with Gasteiger partial charge in [0.2, 0.25) is 0 Å². The number of rotatable bonds is 3. The molecule has 1 aromatic carbocycles. The van der Waals surface area contributed by atoms with Gasteiger partial charge in [-0.05, 0) is 18.1 Å². The molecule has 0 aliphatic carbocycles. The fraction of sp³-hybridized carbons (Fsp3) is 0.556. The molecule has 1 aliphatic heterocycles. The Morgan fingerprint density at radius 2 is 2.21 bits per heavy atom. The fourth-order valence-electron chi connectivity index (χ4n) is 3.12. The van der Waals surface area contributed by atoms with Crippen molar-refractivity contribution in [1.29, 1.82) is 0 Å². The van der Waals surface area contributed by atoms with Crippen LogP contribution in [-0.4, -0.2) is 51.6 Å². The first-order valence-corrected chi connectivity index (χ1v) is 9.62. The highest BCUT2D eigenvalue weighted by Gasteiger charge is 2.25. The Morgan fingerprint density at radius 1 is 1.42 bits per heavy atom. The molecule has 1 atom stereocenters. The maximum atomic E-state index is 4.73. The second-order valence-corrected chi connectivity index (χ2v) is 7.92. The second-order valence-electron chi connectivity index (χ2n) is 6.58. The standard InChI is InChI=1S/C18H27N5S/c1-13(2)16-12-23(9-10-24-16)18(19-3)20-11-17-21-14-7-5-6-8-15(14)22(17)4/h5-8,13,16H,9-12H2,1-4H3,(H,19,20). The van der Waals surface area contributed by atoms with Crippen LogP contribution in [-0.2, 0) is 13.6 Å². The normalized spacial score (nSPS) is 19.3. The predicted octanol–water partition coefficient (Wildman–Crippen LogP) is 2.72. The number of nitrogens with one attached hydrogen (secondary N) is 1. The van der Waals surface area contributed by atoms with Crippen LogP contribution in [0.5, 0.6) is 0 Å². The highest BCUT2D eigenvalue weighted by Crippen LogP contribution is 2.25. The quantitative estimate of drug-likeness (QED) is 0.686. The molecule has 0 amide bonds. The van der Waals surface area contributed by atoms with Gasteiger partial charge in [-0.15, -0.1) is 0 Å². The summed E-state index contributed by atoms with van der Waals surface area (Å²) in [5.41, 5.74) is 2.21. The van der Waals surface area contributed by atoms with Crippen molar-refractivity contribution in [1.82, 2.24) is 19.8 Å². The molecule has 1 N–H and O–H groups in total. The van der Waals surface area contributed by atoms with Crippen molar-refractivity contribution in [3.63, 3.8) is 0 Å². The van der Waals surface area contributed by atoms with Crippen LogP contribution in [0, 0.1) is 5.92 Å². The number of imidazole rings is 1. The third-order valence-corrected chi connectivity index (χ3v) is 6.17. The van der Waals surface area contributed by atoms with Crippen molar-refractivity contribution in [2.24, 2.45) is 18.0 Å². The molecule has 1 saturated heterocycles. The molecule has 0 spiro atoms. The molecule has 24 heavy (non-hydrogen) atoms. The summed E-state index contributed by atoms with van der Waals surface area (Å²) in [6, 6.07) is 8.25. The Morgan fingerprint density at radius 3 is 2.92 bits per heavy atom. The molecule has 5 nitrogen and oxygen atoms in total. The van der Waals surface area contributed by atoms with Crippen LogP contribution < -0.4 is 5.32 Å². The minimum atomic E-state index is 0.674. The fourth-order valence-corrected chi connectivity index (χ4v) is 4.41. The zero-order chi connectivity index (χ0) is 17.1. The van der Waals surface area contributed by atoms with Crippen LogP contribution in [0.4, 0.5) is 0 Å². The number of aromatic nitrogens is 2. The summed E-state index contributed by atoms with van der Waals surface area (Å²) < 4.78 is 2.15. The van der Waals surface area contributed by atoms with E-state index in [0.717, 1.165) is 36.1 Å². The van der Waals surface area contributed by atoms with Gasteiger partial charge >= 0.3 is 0 Å². The topological polar surface area (TPSA) is 45.5 Å². The molecule has 0 saturated carbocycles. The molecule has 2 heterocycles. The Labute approximate surface area is 148 Å². The highest BCUT2D eigenvalue weighted by molar-refractivity contribution is 8.00. The number of aliphatic imine (C=N–C) groups is 1. The minimum Gasteiger partial charge on any atom is -0.349 e. The number of benzene rings is 1. The Kier molecular flexibility index (Phi) is 5.33. The maximum Gasteiger partial charge on any atom is 0.194 e. The van der Waals surface area contributed by atoms with Gasteiger partial charge in [0, 0.05) is 38.2 Å². The highest BCUT2D eigenvalue weighted by atomic mass is 32.2. The van der Waals surface area contributed by atoms with E-state index in [-0.39, 0.29) is 0 Å². The molecule has 0 bridgehead atoms. The Bertz CT molecular complexity index is 721. The van der Waals surface area contributed by atoms with Gasteiger partial charge in [-0.25, -0.2) is 4.98 Å². The van der Waals surface area contributed by atoms with Crippen LogP contribution in [0.25, 0.3) is 11.0 Å². The first kappa shape index (κ1) is 17.1. The molecule has 130 valence electrons. The summed E-state index contributed by atoms with van der Waals surface area (Å²) in [7, 11) is 3.94. The number of hydrogen-bond donors (Lipinski definition) is 1. The van der Waals surface area contributed by atoms with Crippen LogP contribution in [0.2, 0.25) is 0 Å². The molecule has 2 aromatic rings. The summed E-state index contributed by atoms with van der Waals surface area (Å²) in [5.74, 6) is 3.86. The average molecular weight is 346 g/mol. The first-order chi connectivity index (χ1) is 11.6. The number of guanidine groups is 1. The number of aryl methyl sites for hydroxylation is 1. The molecule has 0 radical (unpaired) electrons. The van der Waals surface area contributed by atoms with E-state index in [9.17, 15) is 0 Å². The van der Waals surface area contributed by atoms with Gasteiger partial charge in [0.1, 0.15) is 5.82 Å². The zero-order valence-electron chi connectivity index (χ0n) is 15.0. The van der Waals surface area contributed by atoms with Crippen LogP contribution in [0.1, 0.15) is 19.7 Å². The van der Waals surface area contributed by atoms with Crippen molar-refractivity contribution in [2.45, 2.75) is 25.6 Å². The van der Waals surface area contributed by atoms with Gasteiger partial charge in [-0.1, -0.05) is 26.0 Å². The van der Waals surface area contributed by atoms with E-state index in [1.54, 1.807) is 0 Å². The van der Waals surface area contributed by atoms with E-state index in [2.05, 4.69) is 70.6 Å². The van der Waals surface area contributed by atoms with Crippen LogP contribution in [0.3, 0.4) is 0 Å². The number of fused-ring (bicyclic) bond motifs is 1.